The Bertz CT molecular complexity index is 937. The highest BCUT2D eigenvalue weighted by molar-refractivity contribution is 9.10. The van der Waals surface area contributed by atoms with Gasteiger partial charge in [0, 0.05) is 17.3 Å². The van der Waals surface area contributed by atoms with Gasteiger partial charge in [-0.3, -0.25) is 0 Å². The molecule has 28 heavy (non-hydrogen) atoms. The largest absolute Gasteiger partial charge is 0.394 e. The predicted molar refractivity (Wildman–Crippen MR) is 114 cm³/mol. The summed E-state index contributed by atoms with van der Waals surface area (Å²) in [5, 5.41) is 15.9. The maximum Gasteiger partial charge on any atom is 0.225 e. The minimum absolute atomic E-state index is 0.0305. The molecule has 1 aromatic heterocycles. The van der Waals surface area contributed by atoms with E-state index in [9.17, 15) is 9.50 Å². The summed E-state index contributed by atoms with van der Waals surface area (Å²) in [6.45, 7) is 3.99. The second kappa shape index (κ2) is 9.12. The Morgan fingerprint density at radius 2 is 1.82 bits per heavy atom. The van der Waals surface area contributed by atoms with E-state index in [0.29, 0.717) is 21.9 Å². The van der Waals surface area contributed by atoms with Crippen LogP contribution in [0.15, 0.2) is 59.1 Å². The first-order valence-electron chi connectivity index (χ1n) is 9.00. The van der Waals surface area contributed by atoms with E-state index in [4.69, 9.17) is 0 Å². The van der Waals surface area contributed by atoms with Crippen molar-refractivity contribution in [3.8, 4) is 11.3 Å². The van der Waals surface area contributed by atoms with Gasteiger partial charge in [0.05, 0.1) is 22.8 Å². The Kier molecular flexibility index (Phi) is 6.59. The first kappa shape index (κ1) is 20.2. The van der Waals surface area contributed by atoms with Gasteiger partial charge < -0.3 is 15.7 Å². The first-order chi connectivity index (χ1) is 13.5. The fourth-order valence-electron chi connectivity index (χ4n) is 2.64. The van der Waals surface area contributed by atoms with Crippen LogP contribution in [-0.4, -0.2) is 27.7 Å². The third-order valence-corrected chi connectivity index (χ3v) is 4.95. The Morgan fingerprint density at radius 1 is 1.07 bits per heavy atom. The molecule has 0 saturated heterocycles. The molecule has 5 nitrogen and oxygen atoms in total. The van der Waals surface area contributed by atoms with E-state index < -0.39 is 0 Å². The lowest BCUT2D eigenvalue weighted by molar-refractivity contribution is 0.248. The second-order valence-electron chi connectivity index (χ2n) is 6.76. The fourth-order valence-corrected chi connectivity index (χ4v) is 2.89. The van der Waals surface area contributed by atoms with E-state index in [1.165, 1.54) is 6.07 Å². The van der Waals surface area contributed by atoms with Gasteiger partial charge in [-0.05, 0) is 40.0 Å². The van der Waals surface area contributed by atoms with Crippen molar-refractivity contribution in [1.29, 1.82) is 0 Å². The summed E-state index contributed by atoms with van der Waals surface area (Å²) in [6, 6.07) is 16.2. The van der Waals surface area contributed by atoms with Crippen LogP contribution in [0.1, 0.15) is 13.8 Å². The molecule has 0 aliphatic carbocycles. The molecule has 146 valence electrons. The lowest BCUT2D eigenvalue weighted by Gasteiger charge is -2.20. The third kappa shape index (κ3) is 5.05. The molecule has 0 amide bonds. The lowest BCUT2D eigenvalue weighted by Crippen LogP contribution is -2.30. The Balaban J connectivity index is 1.97. The zero-order valence-corrected chi connectivity index (χ0v) is 17.2. The molecule has 0 bridgehead atoms. The number of hydrogen-bond acceptors (Lipinski definition) is 5. The molecule has 0 radical (unpaired) electrons. The number of hydrogen-bond donors (Lipinski definition) is 3. The molecule has 0 unspecified atom stereocenters. The minimum Gasteiger partial charge on any atom is -0.394 e. The summed E-state index contributed by atoms with van der Waals surface area (Å²) in [5.74, 6) is 0.763. The van der Waals surface area contributed by atoms with Crippen molar-refractivity contribution < 1.29 is 9.50 Å². The maximum absolute atomic E-state index is 13.9. The van der Waals surface area contributed by atoms with Crippen LogP contribution in [0.25, 0.3) is 11.3 Å². The van der Waals surface area contributed by atoms with Crippen molar-refractivity contribution in [3.05, 3.63) is 64.9 Å². The van der Waals surface area contributed by atoms with Crippen molar-refractivity contribution in [2.24, 2.45) is 5.92 Å². The van der Waals surface area contributed by atoms with Crippen LogP contribution in [0.5, 0.6) is 0 Å². The average Bonchev–Trinajstić information content (AvgIpc) is 2.69. The SMILES string of the molecule is CC(C)[C@H](CO)Nc1nc(Nc2ccc(Br)c(F)c2)cc(-c2ccccc2)n1. The van der Waals surface area contributed by atoms with Crippen molar-refractivity contribution in [3.63, 3.8) is 0 Å². The van der Waals surface area contributed by atoms with Gasteiger partial charge in [0.25, 0.3) is 0 Å². The third-order valence-electron chi connectivity index (χ3n) is 4.30. The molecule has 2 aromatic carbocycles. The number of benzene rings is 2. The highest BCUT2D eigenvalue weighted by Crippen LogP contribution is 2.26. The predicted octanol–water partition coefficient (Wildman–Crippen LogP) is 5.22. The fraction of sp³-hybridized carbons (Fsp3) is 0.238. The van der Waals surface area contributed by atoms with Crippen LogP contribution < -0.4 is 10.6 Å². The maximum atomic E-state index is 13.9. The van der Waals surface area contributed by atoms with E-state index in [0.717, 1.165) is 11.3 Å². The molecule has 3 aromatic rings. The molecule has 0 aliphatic heterocycles. The molecule has 0 saturated carbocycles. The number of halogens is 2. The van der Waals surface area contributed by atoms with Crippen LogP contribution in [0.2, 0.25) is 0 Å². The van der Waals surface area contributed by atoms with Crippen LogP contribution in [0.4, 0.5) is 21.8 Å². The summed E-state index contributed by atoms with van der Waals surface area (Å²) in [6.07, 6.45) is 0. The summed E-state index contributed by atoms with van der Waals surface area (Å²) in [7, 11) is 0. The summed E-state index contributed by atoms with van der Waals surface area (Å²) in [4.78, 5) is 9.09. The number of nitrogens with one attached hydrogen (secondary N) is 2. The van der Waals surface area contributed by atoms with Crippen molar-refractivity contribution in [2.45, 2.75) is 19.9 Å². The summed E-state index contributed by atoms with van der Waals surface area (Å²) < 4.78 is 14.3. The van der Waals surface area contributed by atoms with Gasteiger partial charge in [-0.1, -0.05) is 44.2 Å². The van der Waals surface area contributed by atoms with Gasteiger partial charge in [0.15, 0.2) is 0 Å². The lowest BCUT2D eigenvalue weighted by atomic mass is 10.1. The topological polar surface area (TPSA) is 70.1 Å². The Morgan fingerprint density at radius 3 is 2.46 bits per heavy atom. The van der Waals surface area contributed by atoms with Gasteiger partial charge >= 0.3 is 0 Å². The van der Waals surface area contributed by atoms with E-state index >= 15 is 0 Å². The van der Waals surface area contributed by atoms with Crippen molar-refractivity contribution >= 4 is 33.4 Å². The molecule has 3 N–H and O–H groups in total. The highest BCUT2D eigenvalue weighted by atomic mass is 79.9. The zero-order chi connectivity index (χ0) is 20.1. The molecule has 0 fully saturated rings. The van der Waals surface area contributed by atoms with Crippen LogP contribution >= 0.6 is 15.9 Å². The van der Waals surface area contributed by atoms with Gasteiger partial charge in [-0.15, -0.1) is 0 Å². The molecule has 3 rings (SSSR count). The van der Waals surface area contributed by atoms with Crippen molar-refractivity contribution in [1.82, 2.24) is 9.97 Å². The molecule has 0 aliphatic rings. The molecule has 0 spiro atoms. The number of nitrogens with zero attached hydrogens (tertiary/aromatic N) is 2. The number of aliphatic hydroxyl groups excluding tert-OH is 1. The quantitative estimate of drug-likeness (QED) is 0.466. The number of rotatable bonds is 7. The molecule has 1 atom stereocenters. The van der Waals surface area contributed by atoms with Crippen LogP contribution in [0, 0.1) is 11.7 Å². The zero-order valence-electron chi connectivity index (χ0n) is 15.7. The minimum atomic E-state index is -0.360. The average molecular weight is 445 g/mol. The summed E-state index contributed by atoms with van der Waals surface area (Å²) in [5.41, 5.74) is 2.23. The van der Waals surface area contributed by atoms with E-state index in [2.05, 4.69) is 36.5 Å². The number of aliphatic hydroxyl groups is 1. The molecule has 1 heterocycles. The number of aromatic nitrogens is 2. The van der Waals surface area contributed by atoms with Crippen LogP contribution in [-0.2, 0) is 0 Å². The molecule has 7 heteroatoms. The highest BCUT2D eigenvalue weighted by Gasteiger charge is 2.15. The van der Waals surface area contributed by atoms with E-state index in [1.807, 2.05) is 50.2 Å². The van der Waals surface area contributed by atoms with Gasteiger partial charge in [-0.25, -0.2) is 9.37 Å². The first-order valence-corrected chi connectivity index (χ1v) is 9.79. The van der Waals surface area contributed by atoms with Gasteiger partial charge in [0.1, 0.15) is 11.6 Å². The Labute approximate surface area is 172 Å². The normalized spacial score (nSPS) is 12.1. The summed E-state index contributed by atoms with van der Waals surface area (Å²) >= 11 is 3.16. The standard InChI is InChI=1S/C21H22BrFN4O/c1-13(2)19(12-28)26-21-25-18(14-6-4-3-5-7-14)11-20(27-21)24-15-8-9-16(22)17(23)10-15/h3-11,13,19,28H,12H2,1-2H3,(H2,24,25,26,27)/t19-/m0/s1. The smallest absolute Gasteiger partial charge is 0.225 e. The Hall–Kier alpha value is -2.51. The van der Waals surface area contributed by atoms with Gasteiger partial charge in [-0.2, -0.15) is 4.98 Å². The monoisotopic (exact) mass is 444 g/mol. The van der Waals surface area contributed by atoms with Crippen molar-refractivity contribution in [2.75, 3.05) is 17.2 Å². The van der Waals surface area contributed by atoms with E-state index in [-0.39, 0.29) is 24.4 Å². The number of anilines is 3. The molecular weight excluding hydrogens is 423 g/mol. The second-order valence-corrected chi connectivity index (χ2v) is 7.61. The van der Waals surface area contributed by atoms with Gasteiger partial charge in [0.2, 0.25) is 5.95 Å². The van der Waals surface area contributed by atoms with E-state index in [1.54, 1.807) is 12.1 Å². The molecular formula is C21H22BrFN4O. The van der Waals surface area contributed by atoms with Crippen LogP contribution in [0.3, 0.4) is 0 Å².